The van der Waals surface area contributed by atoms with Crippen LogP contribution in [-0.4, -0.2) is 48.5 Å². The molecule has 3 rings (SSSR count). The van der Waals surface area contributed by atoms with Crippen molar-refractivity contribution in [2.75, 3.05) is 18.0 Å². The van der Waals surface area contributed by atoms with Crippen LogP contribution in [0.2, 0.25) is 0 Å². The van der Waals surface area contributed by atoms with Crippen molar-refractivity contribution in [3.63, 3.8) is 0 Å². The van der Waals surface area contributed by atoms with Crippen molar-refractivity contribution in [3.05, 3.63) is 23.5 Å². The fourth-order valence-corrected chi connectivity index (χ4v) is 3.49. The van der Waals surface area contributed by atoms with E-state index in [1.807, 2.05) is 6.07 Å². The lowest BCUT2D eigenvalue weighted by Crippen LogP contribution is -2.33. The van der Waals surface area contributed by atoms with Crippen LogP contribution in [0.15, 0.2) is 10.5 Å². The van der Waals surface area contributed by atoms with Gasteiger partial charge in [0.25, 0.3) is 0 Å². The molecule has 0 aromatic carbocycles. The molecule has 1 aliphatic rings. The van der Waals surface area contributed by atoms with Gasteiger partial charge in [0.15, 0.2) is 5.82 Å². The van der Waals surface area contributed by atoms with Crippen LogP contribution >= 0.6 is 0 Å². The maximum atomic E-state index is 11.9. The smallest absolute Gasteiger partial charge is 0.234 e. The molecule has 1 aliphatic heterocycles. The predicted octanol–water partition coefficient (Wildman–Crippen LogP) is -0.0216. The monoisotopic (exact) mass is 304 g/mol. The first-order valence-electron chi connectivity index (χ1n) is 6.79. The van der Waals surface area contributed by atoms with Gasteiger partial charge in [-0.1, -0.05) is 0 Å². The van der Waals surface area contributed by atoms with Gasteiger partial charge in [0.1, 0.15) is 6.42 Å². The molecule has 0 saturated carbocycles. The SMILES string of the molecule is Cc1nnc(CC(=O)Nc2cc([C@H]3CCNC[Si]3)[nH]n2)o1. The Morgan fingerprint density at radius 3 is 3.19 bits per heavy atom. The first kappa shape index (κ1) is 14.0. The number of H-pyrrole nitrogens is 1. The highest BCUT2D eigenvalue weighted by Crippen LogP contribution is 2.20. The quantitative estimate of drug-likeness (QED) is 0.685. The fraction of sp³-hybridized carbons (Fsp3) is 0.500. The van der Waals surface area contributed by atoms with Crippen LogP contribution in [-0.2, 0) is 11.2 Å². The van der Waals surface area contributed by atoms with Crippen LogP contribution in [0.4, 0.5) is 5.82 Å². The third-order valence-corrected chi connectivity index (χ3v) is 4.75. The molecule has 3 N–H and O–H groups in total. The second-order valence-corrected chi connectivity index (χ2v) is 6.33. The molecule has 3 heterocycles. The van der Waals surface area contributed by atoms with E-state index in [-0.39, 0.29) is 12.3 Å². The minimum atomic E-state index is -0.218. The number of amides is 1. The molecule has 9 heteroatoms. The topological polar surface area (TPSA) is 109 Å². The van der Waals surface area contributed by atoms with E-state index in [9.17, 15) is 4.79 Å². The van der Waals surface area contributed by atoms with Crippen molar-refractivity contribution in [1.82, 2.24) is 25.7 Å². The van der Waals surface area contributed by atoms with Crippen molar-refractivity contribution in [1.29, 1.82) is 0 Å². The average molecular weight is 304 g/mol. The molecule has 2 radical (unpaired) electrons. The number of aryl methyl sites for hydroxylation is 1. The Morgan fingerprint density at radius 2 is 2.48 bits per heavy atom. The molecule has 1 amide bonds. The van der Waals surface area contributed by atoms with Crippen LogP contribution in [0.1, 0.15) is 29.4 Å². The van der Waals surface area contributed by atoms with Crippen LogP contribution < -0.4 is 10.6 Å². The van der Waals surface area contributed by atoms with E-state index in [2.05, 4.69) is 31.0 Å². The number of hydrogen-bond donors (Lipinski definition) is 3. The molecule has 0 spiro atoms. The zero-order valence-corrected chi connectivity index (χ0v) is 12.6. The molecule has 110 valence electrons. The number of aromatic nitrogens is 4. The minimum absolute atomic E-state index is 0.0537. The number of anilines is 1. The summed E-state index contributed by atoms with van der Waals surface area (Å²) in [7, 11) is 0.832. The molecule has 0 aliphatic carbocycles. The van der Waals surface area contributed by atoms with Gasteiger partial charge in [-0.25, -0.2) is 0 Å². The van der Waals surface area contributed by atoms with Gasteiger partial charge in [-0.15, -0.1) is 10.2 Å². The Labute approximate surface area is 123 Å². The highest BCUT2D eigenvalue weighted by atomic mass is 28.2. The van der Waals surface area contributed by atoms with Crippen molar-refractivity contribution >= 4 is 21.2 Å². The molecule has 1 atom stereocenters. The number of nitrogens with zero attached hydrogens (tertiary/aromatic N) is 3. The molecule has 2 aromatic heterocycles. The van der Waals surface area contributed by atoms with E-state index >= 15 is 0 Å². The number of carbonyl (C=O) groups excluding carboxylic acids is 1. The summed E-state index contributed by atoms with van der Waals surface area (Å²) in [5.41, 5.74) is 1.58. The Hall–Kier alpha value is -2.00. The summed E-state index contributed by atoms with van der Waals surface area (Å²) in [4.78, 5) is 11.9. The summed E-state index contributed by atoms with van der Waals surface area (Å²) < 4.78 is 5.18. The molecule has 21 heavy (non-hydrogen) atoms. The Kier molecular flexibility index (Phi) is 4.11. The van der Waals surface area contributed by atoms with E-state index in [1.54, 1.807) is 6.92 Å². The van der Waals surface area contributed by atoms with Crippen LogP contribution in [0.25, 0.3) is 0 Å². The summed E-state index contributed by atoms with van der Waals surface area (Å²) in [6.45, 7) is 2.71. The molecule has 0 unspecified atom stereocenters. The zero-order valence-electron chi connectivity index (χ0n) is 11.6. The van der Waals surface area contributed by atoms with Gasteiger partial charge >= 0.3 is 0 Å². The molecule has 0 bridgehead atoms. The molecule has 8 nitrogen and oxygen atoms in total. The maximum Gasteiger partial charge on any atom is 0.234 e. The van der Waals surface area contributed by atoms with E-state index in [0.29, 0.717) is 23.1 Å². The van der Waals surface area contributed by atoms with E-state index in [1.165, 1.54) is 0 Å². The highest BCUT2D eigenvalue weighted by Gasteiger charge is 2.19. The van der Waals surface area contributed by atoms with E-state index < -0.39 is 0 Å². The number of hydrogen-bond acceptors (Lipinski definition) is 6. The number of carbonyl (C=O) groups is 1. The van der Waals surface area contributed by atoms with Gasteiger partial charge in [-0.3, -0.25) is 9.89 Å². The lowest BCUT2D eigenvalue weighted by atomic mass is 10.2. The normalized spacial score (nSPS) is 18.6. The van der Waals surface area contributed by atoms with Crippen molar-refractivity contribution in [2.24, 2.45) is 0 Å². The van der Waals surface area contributed by atoms with Gasteiger partial charge in [-0.05, 0) is 24.7 Å². The van der Waals surface area contributed by atoms with Gasteiger partial charge in [0, 0.05) is 18.7 Å². The first-order valence-corrected chi connectivity index (χ1v) is 8.07. The second-order valence-electron chi connectivity index (χ2n) is 4.87. The Bertz CT molecular complexity index is 619. The van der Waals surface area contributed by atoms with Crippen molar-refractivity contribution in [3.8, 4) is 0 Å². The Balaban J connectivity index is 1.57. The fourth-order valence-electron chi connectivity index (χ4n) is 2.21. The number of nitrogens with one attached hydrogen (secondary N) is 3. The number of rotatable bonds is 4. The number of aromatic amines is 1. The minimum Gasteiger partial charge on any atom is -0.425 e. The Morgan fingerprint density at radius 1 is 1.57 bits per heavy atom. The summed E-state index contributed by atoms with van der Waals surface area (Å²) in [6, 6.07) is 1.90. The molecule has 1 fully saturated rings. The predicted molar refractivity (Wildman–Crippen MR) is 75.9 cm³/mol. The summed E-state index contributed by atoms with van der Waals surface area (Å²) in [6.07, 6.45) is 2.19. The summed E-state index contributed by atoms with van der Waals surface area (Å²) in [5, 5.41) is 20.7. The van der Waals surface area contributed by atoms with E-state index in [4.69, 9.17) is 4.42 Å². The standard InChI is InChI=1S/C12H16N6O2Si/c1-7-15-18-12(20-7)5-11(19)14-10-4-8(16-17-10)9-2-3-13-6-21-9/h4,9,13H,2-3,5-6H2,1H3,(H2,14,16,17,19)/t9-/m1/s1. The van der Waals surface area contributed by atoms with Gasteiger partial charge in [-0.2, -0.15) is 5.10 Å². The molecule has 1 saturated heterocycles. The first-order chi connectivity index (χ1) is 10.2. The van der Waals surface area contributed by atoms with Gasteiger partial charge in [0.05, 0.1) is 9.52 Å². The summed E-state index contributed by atoms with van der Waals surface area (Å²) in [5.74, 6) is 1.08. The second kappa shape index (κ2) is 6.18. The van der Waals surface area contributed by atoms with Crippen LogP contribution in [0, 0.1) is 6.92 Å². The average Bonchev–Trinajstić information content (AvgIpc) is 3.09. The molecule has 2 aromatic rings. The van der Waals surface area contributed by atoms with Crippen molar-refractivity contribution < 1.29 is 9.21 Å². The van der Waals surface area contributed by atoms with Crippen LogP contribution in [0.5, 0.6) is 0 Å². The zero-order chi connectivity index (χ0) is 14.7. The largest absolute Gasteiger partial charge is 0.425 e. The molecular formula is C12H16N6O2Si. The van der Waals surface area contributed by atoms with Crippen LogP contribution in [0.3, 0.4) is 0 Å². The maximum absolute atomic E-state index is 11.9. The van der Waals surface area contributed by atoms with E-state index in [0.717, 1.165) is 34.3 Å². The lowest BCUT2D eigenvalue weighted by Gasteiger charge is -2.19. The third kappa shape index (κ3) is 3.55. The van der Waals surface area contributed by atoms with Crippen molar-refractivity contribution in [2.45, 2.75) is 25.3 Å². The highest BCUT2D eigenvalue weighted by molar-refractivity contribution is 6.38. The lowest BCUT2D eigenvalue weighted by molar-refractivity contribution is -0.115. The van der Waals surface area contributed by atoms with Gasteiger partial charge < -0.3 is 15.1 Å². The third-order valence-electron chi connectivity index (χ3n) is 3.20. The summed E-state index contributed by atoms with van der Waals surface area (Å²) >= 11 is 0. The molecular weight excluding hydrogens is 288 g/mol. The van der Waals surface area contributed by atoms with Gasteiger partial charge in [0.2, 0.25) is 17.7 Å².